The molecule has 1 N–H and O–H groups in total. The van der Waals surface area contributed by atoms with Crippen LogP contribution in [-0.4, -0.2) is 28.6 Å². The summed E-state index contributed by atoms with van der Waals surface area (Å²) in [5.74, 6) is 1.67. The summed E-state index contributed by atoms with van der Waals surface area (Å²) in [6.07, 6.45) is 0.623. The van der Waals surface area contributed by atoms with E-state index in [0.717, 1.165) is 22.6 Å². The Morgan fingerprint density at radius 2 is 1.81 bits per heavy atom. The van der Waals surface area contributed by atoms with Gasteiger partial charge in [0.25, 0.3) is 5.91 Å². The van der Waals surface area contributed by atoms with Gasteiger partial charge in [-0.3, -0.25) is 4.79 Å². The van der Waals surface area contributed by atoms with E-state index >= 15 is 0 Å². The summed E-state index contributed by atoms with van der Waals surface area (Å²) in [6, 6.07) is 21.1. The monoisotopic (exact) mass is 447 g/mol. The second-order valence-electron chi connectivity index (χ2n) is 7.78. The topological polar surface area (TPSA) is 56.1 Å². The molecule has 0 saturated carbocycles. The summed E-state index contributed by atoms with van der Waals surface area (Å²) in [6.45, 7) is 5.88. The molecular formula is C26H26ClN3O2. The minimum atomic E-state index is -0.123. The minimum Gasteiger partial charge on any atom is -0.492 e. The fourth-order valence-corrected chi connectivity index (χ4v) is 3.74. The van der Waals surface area contributed by atoms with Crippen LogP contribution in [0.15, 0.2) is 66.7 Å². The van der Waals surface area contributed by atoms with E-state index in [-0.39, 0.29) is 5.91 Å². The van der Waals surface area contributed by atoms with E-state index in [1.807, 2.05) is 24.3 Å². The number of benzene rings is 3. The van der Waals surface area contributed by atoms with Crippen molar-refractivity contribution in [3.63, 3.8) is 0 Å². The number of aryl methyl sites for hydroxylation is 2. The third-order valence-electron chi connectivity index (χ3n) is 5.54. The van der Waals surface area contributed by atoms with Gasteiger partial charge in [0.1, 0.15) is 18.2 Å². The van der Waals surface area contributed by atoms with E-state index < -0.39 is 0 Å². The van der Waals surface area contributed by atoms with E-state index in [9.17, 15) is 4.79 Å². The fourth-order valence-electron chi connectivity index (χ4n) is 3.62. The van der Waals surface area contributed by atoms with E-state index in [4.69, 9.17) is 21.3 Å². The van der Waals surface area contributed by atoms with E-state index in [0.29, 0.717) is 36.7 Å². The highest BCUT2D eigenvalue weighted by Gasteiger charge is 2.12. The van der Waals surface area contributed by atoms with Crippen LogP contribution in [0, 0.1) is 13.8 Å². The number of hydrogen-bond donors (Lipinski definition) is 1. The molecule has 1 amide bonds. The molecule has 0 radical (unpaired) electrons. The number of nitrogens with one attached hydrogen (secondary N) is 1. The van der Waals surface area contributed by atoms with Gasteiger partial charge in [-0.15, -0.1) is 0 Å². The Balaban J connectivity index is 1.42. The van der Waals surface area contributed by atoms with Crippen LogP contribution >= 0.6 is 11.6 Å². The molecule has 32 heavy (non-hydrogen) atoms. The van der Waals surface area contributed by atoms with Crippen molar-refractivity contribution in [3.05, 3.63) is 94.3 Å². The Kier molecular flexibility index (Phi) is 6.76. The zero-order chi connectivity index (χ0) is 22.5. The number of rotatable bonds is 8. The van der Waals surface area contributed by atoms with Crippen LogP contribution in [0.1, 0.15) is 27.3 Å². The maximum Gasteiger partial charge on any atom is 0.251 e. The molecule has 1 heterocycles. The predicted molar refractivity (Wildman–Crippen MR) is 129 cm³/mol. The molecule has 3 aromatic carbocycles. The number of carbonyl (C=O) groups excluding carboxylic acids is 1. The molecule has 0 aliphatic carbocycles. The van der Waals surface area contributed by atoms with Crippen molar-refractivity contribution in [2.45, 2.75) is 26.8 Å². The van der Waals surface area contributed by atoms with Gasteiger partial charge < -0.3 is 14.6 Å². The molecular weight excluding hydrogens is 422 g/mol. The number of ether oxygens (including phenoxy) is 1. The highest BCUT2D eigenvalue weighted by atomic mass is 35.5. The highest BCUT2D eigenvalue weighted by molar-refractivity contribution is 6.30. The van der Waals surface area contributed by atoms with Crippen molar-refractivity contribution in [2.24, 2.45) is 0 Å². The van der Waals surface area contributed by atoms with Crippen molar-refractivity contribution >= 4 is 28.5 Å². The molecule has 0 unspecified atom stereocenters. The Morgan fingerprint density at radius 3 is 2.59 bits per heavy atom. The second-order valence-corrected chi connectivity index (χ2v) is 8.21. The minimum absolute atomic E-state index is 0.123. The normalized spacial score (nSPS) is 11.0. The SMILES string of the molecule is Cc1ccc(OCCn2c(CCNC(=O)c3ccc(Cl)cc3)nc3ccccc32)cc1C. The van der Waals surface area contributed by atoms with Crippen LogP contribution in [0.25, 0.3) is 11.0 Å². The van der Waals surface area contributed by atoms with Crippen LogP contribution in [0.2, 0.25) is 5.02 Å². The number of para-hydroxylation sites is 2. The molecule has 6 heteroatoms. The maximum absolute atomic E-state index is 12.4. The van der Waals surface area contributed by atoms with Crippen molar-refractivity contribution in [1.82, 2.24) is 14.9 Å². The van der Waals surface area contributed by atoms with Gasteiger partial charge in [0.2, 0.25) is 0 Å². The first-order chi connectivity index (χ1) is 15.5. The first-order valence-electron chi connectivity index (χ1n) is 10.7. The predicted octanol–water partition coefficient (Wildman–Crippen LogP) is 5.36. The molecule has 0 aliphatic rings. The Hall–Kier alpha value is -3.31. The van der Waals surface area contributed by atoms with Gasteiger partial charge in [0.05, 0.1) is 17.6 Å². The third-order valence-corrected chi connectivity index (χ3v) is 5.79. The summed E-state index contributed by atoms with van der Waals surface area (Å²) >= 11 is 5.90. The Labute approximate surface area is 193 Å². The lowest BCUT2D eigenvalue weighted by atomic mass is 10.1. The van der Waals surface area contributed by atoms with E-state index in [2.05, 4.69) is 41.9 Å². The number of amides is 1. The lowest BCUT2D eigenvalue weighted by Crippen LogP contribution is -2.26. The largest absolute Gasteiger partial charge is 0.492 e. The molecule has 0 saturated heterocycles. The number of imidazole rings is 1. The Bertz CT molecular complexity index is 1230. The van der Waals surface area contributed by atoms with Gasteiger partial charge in [-0.05, 0) is 73.5 Å². The van der Waals surface area contributed by atoms with Gasteiger partial charge in [-0.1, -0.05) is 29.8 Å². The average molecular weight is 448 g/mol. The summed E-state index contributed by atoms with van der Waals surface area (Å²) in [4.78, 5) is 17.2. The number of fused-ring (bicyclic) bond motifs is 1. The van der Waals surface area contributed by atoms with Crippen LogP contribution < -0.4 is 10.1 Å². The smallest absolute Gasteiger partial charge is 0.251 e. The van der Waals surface area contributed by atoms with Gasteiger partial charge in [-0.2, -0.15) is 0 Å². The first kappa shape index (κ1) is 21.9. The molecule has 4 aromatic rings. The summed E-state index contributed by atoms with van der Waals surface area (Å²) < 4.78 is 8.17. The van der Waals surface area contributed by atoms with Crippen molar-refractivity contribution in [3.8, 4) is 5.75 Å². The molecule has 164 valence electrons. The zero-order valence-electron chi connectivity index (χ0n) is 18.3. The van der Waals surface area contributed by atoms with Crippen molar-refractivity contribution in [1.29, 1.82) is 0 Å². The van der Waals surface area contributed by atoms with Crippen LogP contribution in [0.5, 0.6) is 5.75 Å². The number of carbonyl (C=O) groups is 1. The summed E-state index contributed by atoms with van der Waals surface area (Å²) in [5.41, 5.74) is 5.06. The van der Waals surface area contributed by atoms with Crippen molar-refractivity contribution < 1.29 is 9.53 Å². The molecule has 1 aromatic heterocycles. The molecule has 0 aliphatic heterocycles. The van der Waals surface area contributed by atoms with Gasteiger partial charge in [0.15, 0.2) is 0 Å². The first-order valence-corrected chi connectivity index (χ1v) is 11.1. The third kappa shape index (κ3) is 5.11. The Morgan fingerprint density at radius 1 is 1.03 bits per heavy atom. The molecule has 0 fully saturated rings. The maximum atomic E-state index is 12.4. The van der Waals surface area contributed by atoms with Crippen LogP contribution in [0.4, 0.5) is 0 Å². The molecule has 0 bridgehead atoms. The number of nitrogens with zero attached hydrogens (tertiary/aromatic N) is 2. The lowest BCUT2D eigenvalue weighted by Gasteiger charge is -2.12. The van der Waals surface area contributed by atoms with Gasteiger partial charge in [0, 0.05) is 23.6 Å². The van der Waals surface area contributed by atoms with Gasteiger partial charge >= 0.3 is 0 Å². The van der Waals surface area contributed by atoms with Crippen molar-refractivity contribution in [2.75, 3.05) is 13.2 Å². The average Bonchev–Trinajstić information content (AvgIpc) is 3.14. The number of halogens is 1. The lowest BCUT2D eigenvalue weighted by molar-refractivity contribution is 0.0954. The van der Waals surface area contributed by atoms with Crippen LogP contribution in [0.3, 0.4) is 0 Å². The van der Waals surface area contributed by atoms with E-state index in [1.54, 1.807) is 24.3 Å². The molecule has 5 nitrogen and oxygen atoms in total. The molecule has 0 atom stereocenters. The summed E-state index contributed by atoms with van der Waals surface area (Å²) in [5, 5.41) is 3.57. The van der Waals surface area contributed by atoms with Gasteiger partial charge in [-0.25, -0.2) is 4.98 Å². The molecule has 4 rings (SSSR count). The fraction of sp³-hybridized carbons (Fsp3) is 0.231. The second kappa shape index (κ2) is 9.88. The highest BCUT2D eigenvalue weighted by Crippen LogP contribution is 2.19. The number of aromatic nitrogens is 2. The number of hydrogen-bond acceptors (Lipinski definition) is 3. The molecule has 0 spiro atoms. The zero-order valence-corrected chi connectivity index (χ0v) is 19.0. The van der Waals surface area contributed by atoms with E-state index in [1.165, 1.54) is 11.1 Å². The summed E-state index contributed by atoms with van der Waals surface area (Å²) in [7, 11) is 0. The van der Waals surface area contributed by atoms with Crippen LogP contribution in [-0.2, 0) is 13.0 Å². The standard InChI is InChI=1S/C26H26ClN3O2/c1-18-7-12-22(17-19(18)2)32-16-15-30-24-6-4-3-5-23(24)29-25(30)13-14-28-26(31)20-8-10-21(27)11-9-20/h3-12,17H,13-16H2,1-2H3,(H,28,31). The quantitative estimate of drug-likeness (QED) is 0.395.